The molecule has 1 aromatic heterocycles. The molecule has 1 amide bonds. The highest BCUT2D eigenvalue weighted by molar-refractivity contribution is 5.91. The Morgan fingerprint density at radius 2 is 1.88 bits per heavy atom. The normalized spacial score (nSPS) is 11.1. The molecule has 6 heteroatoms. The Labute approximate surface area is 148 Å². The molecule has 6 nitrogen and oxygen atoms in total. The van der Waals surface area contributed by atoms with Crippen LogP contribution in [0.1, 0.15) is 25.0 Å². The van der Waals surface area contributed by atoms with Crippen LogP contribution < -0.4 is 15.4 Å². The zero-order valence-electron chi connectivity index (χ0n) is 15.1. The zero-order chi connectivity index (χ0) is 18.4. The molecular formula is C19H25N3O3. The maximum atomic E-state index is 12.1. The number of aromatic nitrogens is 1. The van der Waals surface area contributed by atoms with E-state index < -0.39 is 5.54 Å². The number of nitrogens with zero attached hydrogens (tertiary/aromatic N) is 1. The summed E-state index contributed by atoms with van der Waals surface area (Å²) in [6.45, 7) is 7.56. The van der Waals surface area contributed by atoms with Gasteiger partial charge in [-0.15, -0.1) is 0 Å². The third-order valence-corrected chi connectivity index (χ3v) is 3.67. The van der Waals surface area contributed by atoms with Crippen LogP contribution >= 0.6 is 0 Å². The van der Waals surface area contributed by atoms with Crippen molar-refractivity contribution in [2.75, 3.05) is 23.8 Å². The Morgan fingerprint density at radius 1 is 1.20 bits per heavy atom. The molecule has 0 unspecified atom stereocenters. The summed E-state index contributed by atoms with van der Waals surface area (Å²) >= 11 is 0. The Morgan fingerprint density at radius 3 is 2.44 bits per heavy atom. The van der Waals surface area contributed by atoms with Gasteiger partial charge in [-0.05, 0) is 51.0 Å². The van der Waals surface area contributed by atoms with E-state index in [9.17, 15) is 9.90 Å². The van der Waals surface area contributed by atoms with Gasteiger partial charge in [0, 0.05) is 0 Å². The minimum Gasteiger partial charge on any atom is -0.483 e. The molecule has 2 aromatic rings. The molecule has 0 saturated heterocycles. The standard InChI is InChI=1S/C19H25N3O3/c1-13-6-5-7-14(2)18(13)25-11-17(24)21-15-8-9-16(20-10-15)22-19(3,4)12-23/h5-10,23H,11-12H2,1-4H3,(H,20,22)(H,21,24). The van der Waals surface area contributed by atoms with Crippen molar-refractivity contribution in [1.29, 1.82) is 0 Å². The quantitative estimate of drug-likeness (QED) is 0.720. The first-order valence-electron chi connectivity index (χ1n) is 8.15. The Kier molecular flexibility index (Phi) is 5.98. The predicted molar refractivity (Wildman–Crippen MR) is 99.1 cm³/mol. The first-order chi connectivity index (χ1) is 11.8. The lowest BCUT2D eigenvalue weighted by molar-refractivity contribution is -0.118. The van der Waals surface area contributed by atoms with Crippen molar-refractivity contribution in [3.05, 3.63) is 47.7 Å². The lowest BCUT2D eigenvalue weighted by atomic mass is 10.1. The Hall–Kier alpha value is -2.60. The Bertz CT molecular complexity index is 707. The van der Waals surface area contributed by atoms with E-state index in [2.05, 4.69) is 15.6 Å². The molecule has 0 atom stereocenters. The number of aryl methyl sites for hydroxylation is 2. The summed E-state index contributed by atoms with van der Waals surface area (Å²) in [5.74, 6) is 1.12. The van der Waals surface area contributed by atoms with E-state index in [1.165, 1.54) is 0 Å². The smallest absolute Gasteiger partial charge is 0.262 e. The molecule has 0 aliphatic heterocycles. The van der Waals surface area contributed by atoms with Gasteiger partial charge < -0.3 is 20.5 Å². The number of carbonyl (C=O) groups excluding carboxylic acids is 1. The molecule has 25 heavy (non-hydrogen) atoms. The van der Waals surface area contributed by atoms with Crippen LogP contribution in [-0.2, 0) is 4.79 Å². The molecule has 1 heterocycles. The number of carbonyl (C=O) groups is 1. The average molecular weight is 343 g/mol. The van der Waals surface area contributed by atoms with Gasteiger partial charge in [0.15, 0.2) is 6.61 Å². The van der Waals surface area contributed by atoms with Crippen LogP contribution in [0.2, 0.25) is 0 Å². The van der Waals surface area contributed by atoms with Crippen molar-refractivity contribution in [2.45, 2.75) is 33.2 Å². The van der Waals surface area contributed by atoms with Crippen molar-refractivity contribution in [3.63, 3.8) is 0 Å². The van der Waals surface area contributed by atoms with Gasteiger partial charge in [-0.25, -0.2) is 4.98 Å². The first kappa shape index (κ1) is 18.7. The fraction of sp³-hybridized carbons (Fsp3) is 0.368. The number of ether oxygens (including phenoxy) is 1. The van der Waals surface area contributed by atoms with Gasteiger partial charge in [0.1, 0.15) is 11.6 Å². The maximum absolute atomic E-state index is 12.1. The summed E-state index contributed by atoms with van der Waals surface area (Å²) in [6, 6.07) is 9.35. The molecule has 0 aliphatic carbocycles. The second kappa shape index (κ2) is 7.98. The summed E-state index contributed by atoms with van der Waals surface area (Å²) in [5.41, 5.74) is 2.12. The average Bonchev–Trinajstić information content (AvgIpc) is 2.56. The number of hydrogen-bond acceptors (Lipinski definition) is 5. The van der Waals surface area contributed by atoms with Crippen LogP contribution in [0.15, 0.2) is 36.5 Å². The monoisotopic (exact) mass is 343 g/mol. The fourth-order valence-electron chi connectivity index (χ4n) is 2.29. The molecule has 3 N–H and O–H groups in total. The van der Waals surface area contributed by atoms with Crippen LogP contribution in [0, 0.1) is 13.8 Å². The van der Waals surface area contributed by atoms with E-state index in [0.29, 0.717) is 11.5 Å². The molecule has 0 radical (unpaired) electrons. The van der Waals surface area contributed by atoms with E-state index in [1.54, 1.807) is 18.3 Å². The second-order valence-corrected chi connectivity index (χ2v) is 6.66. The van der Waals surface area contributed by atoms with E-state index in [0.717, 1.165) is 16.9 Å². The topological polar surface area (TPSA) is 83.5 Å². The number of hydrogen-bond donors (Lipinski definition) is 3. The van der Waals surface area contributed by atoms with E-state index in [1.807, 2.05) is 45.9 Å². The molecule has 0 aliphatic rings. The van der Waals surface area contributed by atoms with E-state index in [-0.39, 0.29) is 19.1 Å². The van der Waals surface area contributed by atoms with Crippen molar-refractivity contribution in [2.24, 2.45) is 0 Å². The SMILES string of the molecule is Cc1cccc(C)c1OCC(=O)Nc1ccc(NC(C)(C)CO)nc1. The maximum Gasteiger partial charge on any atom is 0.262 e. The zero-order valence-corrected chi connectivity index (χ0v) is 15.1. The largest absolute Gasteiger partial charge is 0.483 e. The lowest BCUT2D eigenvalue weighted by Crippen LogP contribution is -2.35. The van der Waals surface area contributed by atoms with Crippen LogP contribution in [0.4, 0.5) is 11.5 Å². The van der Waals surface area contributed by atoms with Gasteiger partial charge in [-0.1, -0.05) is 18.2 Å². The summed E-state index contributed by atoms with van der Waals surface area (Å²) in [4.78, 5) is 16.3. The second-order valence-electron chi connectivity index (χ2n) is 6.66. The molecule has 2 rings (SSSR count). The minimum atomic E-state index is -0.461. The number of pyridine rings is 1. The van der Waals surface area contributed by atoms with Gasteiger partial charge in [0.2, 0.25) is 0 Å². The van der Waals surface area contributed by atoms with Crippen LogP contribution in [-0.4, -0.2) is 34.8 Å². The molecule has 0 bridgehead atoms. The fourth-order valence-corrected chi connectivity index (χ4v) is 2.29. The summed E-state index contributed by atoms with van der Waals surface area (Å²) in [7, 11) is 0. The third-order valence-electron chi connectivity index (χ3n) is 3.67. The highest BCUT2D eigenvalue weighted by Gasteiger charge is 2.16. The number of amides is 1. The summed E-state index contributed by atoms with van der Waals surface area (Å²) < 4.78 is 5.63. The highest BCUT2D eigenvalue weighted by atomic mass is 16.5. The van der Waals surface area contributed by atoms with Gasteiger partial charge in [0.25, 0.3) is 5.91 Å². The molecule has 0 fully saturated rings. The van der Waals surface area contributed by atoms with Gasteiger partial charge >= 0.3 is 0 Å². The van der Waals surface area contributed by atoms with E-state index in [4.69, 9.17) is 4.74 Å². The van der Waals surface area contributed by atoms with Gasteiger partial charge in [-0.3, -0.25) is 4.79 Å². The molecular weight excluding hydrogens is 318 g/mol. The van der Waals surface area contributed by atoms with Crippen LogP contribution in [0.25, 0.3) is 0 Å². The third kappa shape index (κ3) is 5.46. The predicted octanol–water partition coefficient (Wildman–Crippen LogP) is 2.90. The van der Waals surface area contributed by atoms with Gasteiger partial charge in [0.05, 0.1) is 24.0 Å². The number of benzene rings is 1. The molecule has 0 spiro atoms. The van der Waals surface area contributed by atoms with Gasteiger partial charge in [-0.2, -0.15) is 0 Å². The number of nitrogens with one attached hydrogen (secondary N) is 2. The van der Waals surface area contributed by atoms with Crippen molar-refractivity contribution >= 4 is 17.4 Å². The summed E-state index contributed by atoms with van der Waals surface area (Å²) in [5, 5.41) is 15.1. The van der Waals surface area contributed by atoms with Crippen LogP contribution in [0.5, 0.6) is 5.75 Å². The number of anilines is 2. The Balaban J connectivity index is 1.90. The number of rotatable bonds is 7. The lowest BCUT2D eigenvalue weighted by Gasteiger charge is -2.24. The number of aliphatic hydroxyl groups is 1. The molecule has 0 saturated carbocycles. The summed E-state index contributed by atoms with van der Waals surface area (Å²) in [6.07, 6.45) is 1.56. The molecule has 134 valence electrons. The number of aliphatic hydroxyl groups excluding tert-OH is 1. The van der Waals surface area contributed by atoms with E-state index >= 15 is 0 Å². The number of para-hydroxylation sites is 1. The van der Waals surface area contributed by atoms with Crippen molar-refractivity contribution in [1.82, 2.24) is 4.98 Å². The minimum absolute atomic E-state index is 0.0111. The molecule has 1 aromatic carbocycles. The van der Waals surface area contributed by atoms with Crippen molar-refractivity contribution in [3.8, 4) is 5.75 Å². The first-order valence-corrected chi connectivity index (χ1v) is 8.15. The van der Waals surface area contributed by atoms with Crippen molar-refractivity contribution < 1.29 is 14.6 Å². The van der Waals surface area contributed by atoms with Crippen LogP contribution in [0.3, 0.4) is 0 Å². The highest BCUT2D eigenvalue weighted by Crippen LogP contribution is 2.22.